The molecule has 0 spiro atoms. The molecule has 2 aromatic rings. The average Bonchev–Trinajstić information content (AvgIpc) is 2.49. The van der Waals surface area contributed by atoms with Gasteiger partial charge in [0.2, 0.25) is 5.91 Å². The van der Waals surface area contributed by atoms with Crippen LogP contribution < -0.4 is 15.8 Å². The highest BCUT2D eigenvalue weighted by atomic mass is 32.2. The summed E-state index contributed by atoms with van der Waals surface area (Å²) < 4.78 is 18.1. The maximum absolute atomic E-state index is 13.0. The highest BCUT2D eigenvalue weighted by Crippen LogP contribution is 2.23. The number of rotatable bonds is 5. The van der Waals surface area contributed by atoms with Gasteiger partial charge in [0.25, 0.3) is 0 Å². The third-order valence-electron chi connectivity index (χ3n) is 2.69. The van der Waals surface area contributed by atoms with E-state index in [4.69, 9.17) is 10.5 Å². The van der Waals surface area contributed by atoms with Gasteiger partial charge in [0.05, 0.1) is 18.6 Å². The number of anilines is 2. The van der Waals surface area contributed by atoms with Crippen LogP contribution in [0.3, 0.4) is 0 Å². The standard InChI is InChI=1S/C15H15FN2O2S/c1-20-11-3-2-4-12(8-11)21-9-15(19)18-10-5-6-13(16)14(17)7-10/h2-8H,9,17H2,1H3,(H,18,19). The molecule has 4 nitrogen and oxygen atoms in total. The number of nitrogens with one attached hydrogen (secondary N) is 1. The first-order valence-electron chi connectivity index (χ1n) is 6.20. The van der Waals surface area contributed by atoms with Crippen molar-refractivity contribution in [1.82, 2.24) is 0 Å². The number of nitrogen functional groups attached to an aromatic ring is 1. The smallest absolute Gasteiger partial charge is 0.234 e. The highest BCUT2D eigenvalue weighted by Gasteiger charge is 2.06. The van der Waals surface area contributed by atoms with Gasteiger partial charge in [-0.1, -0.05) is 6.07 Å². The molecule has 0 aliphatic heterocycles. The van der Waals surface area contributed by atoms with Gasteiger partial charge in [0.1, 0.15) is 11.6 Å². The number of carbonyl (C=O) groups is 1. The van der Waals surface area contributed by atoms with E-state index in [1.807, 2.05) is 24.3 Å². The van der Waals surface area contributed by atoms with Crippen molar-refractivity contribution in [3.8, 4) is 5.75 Å². The third-order valence-corrected chi connectivity index (χ3v) is 3.68. The lowest BCUT2D eigenvalue weighted by atomic mass is 10.2. The van der Waals surface area contributed by atoms with Crippen molar-refractivity contribution in [3.05, 3.63) is 48.3 Å². The van der Waals surface area contributed by atoms with E-state index in [-0.39, 0.29) is 17.3 Å². The van der Waals surface area contributed by atoms with E-state index in [1.54, 1.807) is 7.11 Å². The SMILES string of the molecule is COc1cccc(SCC(=O)Nc2ccc(F)c(N)c2)c1. The van der Waals surface area contributed by atoms with Gasteiger partial charge in [0.15, 0.2) is 0 Å². The number of nitrogens with two attached hydrogens (primary N) is 1. The van der Waals surface area contributed by atoms with Crippen molar-refractivity contribution in [2.75, 3.05) is 23.9 Å². The topological polar surface area (TPSA) is 64.3 Å². The summed E-state index contributed by atoms with van der Waals surface area (Å²) in [5.74, 6) is 0.295. The maximum atomic E-state index is 13.0. The molecular formula is C15H15FN2O2S. The number of hydrogen-bond donors (Lipinski definition) is 2. The van der Waals surface area contributed by atoms with E-state index in [1.165, 1.54) is 30.0 Å². The summed E-state index contributed by atoms with van der Waals surface area (Å²) in [5.41, 5.74) is 5.93. The molecule has 0 saturated heterocycles. The monoisotopic (exact) mass is 306 g/mol. The average molecular weight is 306 g/mol. The number of ether oxygens (including phenoxy) is 1. The number of amides is 1. The number of halogens is 1. The minimum absolute atomic E-state index is 0.00764. The molecule has 0 aromatic heterocycles. The fraction of sp³-hybridized carbons (Fsp3) is 0.133. The Balaban J connectivity index is 1.91. The Morgan fingerprint density at radius 1 is 1.33 bits per heavy atom. The number of carbonyl (C=O) groups excluding carboxylic acids is 1. The van der Waals surface area contributed by atoms with Crippen LogP contribution in [0.4, 0.5) is 15.8 Å². The first kappa shape index (κ1) is 15.2. The van der Waals surface area contributed by atoms with Crippen molar-refractivity contribution >= 4 is 29.0 Å². The Hall–Kier alpha value is -2.21. The fourth-order valence-corrected chi connectivity index (χ4v) is 2.40. The van der Waals surface area contributed by atoms with Gasteiger partial charge >= 0.3 is 0 Å². The zero-order chi connectivity index (χ0) is 15.2. The zero-order valence-electron chi connectivity index (χ0n) is 11.4. The molecule has 0 unspecified atom stereocenters. The Morgan fingerprint density at radius 2 is 2.14 bits per heavy atom. The molecule has 0 aliphatic rings. The lowest BCUT2D eigenvalue weighted by molar-refractivity contribution is -0.113. The van der Waals surface area contributed by atoms with Crippen LogP contribution in [0.5, 0.6) is 5.75 Å². The first-order chi connectivity index (χ1) is 10.1. The third kappa shape index (κ3) is 4.39. The van der Waals surface area contributed by atoms with Crippen molar-refractivity contribution in [2.24, 2.45) is 0 Å². The van der Waals surface area contributed by atoms with E-state index >= 15 is 0 Å². The van der Waals surface area contributed by atoms with Crippen LogP contribution in [-0.4, -0.2) is 18.8 Å². The Bertz CT molecular complexity index is 649. The van der Waals surface area contributed by atoms with Crippen LogP contribution in [0, 0.1) is 5.82 Å². The van der Waals surface area contributed by atoms with Crippen LogP contribution in [-0.2, 0) is 4.79 Å². The van der Waals surface area contributed by atoms with Crippen LogP contribution >= 0.6 is 11.8 Å². The second-order valence-electron chi connectivity index (χ2n) is 4.25. The molecule has 0 aliphatic carbocycles. The van der Waals surface area contributed by atoms with Gasteiger partial charge in [-0.3, -0.25) is 4.79 Å². The number of benzene rings is 2. The van der Waals surface area contributed by atoms with Crippen LogP contribution in [0.1, 0.15) is 0 Å². The zero-order valence-corrected chi connectivity index (χ0v) is 12.2. The highest BCUT2D eigenvalue weighted by molar-refractivity contribution is 8.00. The normalized spacial score (nSPS) is 10.2. The number of methoxy groups -OCH3 is 1. The lowest BCUT2D eigenvalue weighted by Crippen LogP contribution is -2.14. The Morgan fingerprint density at radius 3 is 2.86 bits per heavy atom. The Labute approximate surface area is 126 Å². The Kier molecular flexibility index (Phi) is 5.05. The molecule has 0 saturated carbocycles. The maximum Gasteiger partial charge on any atom is 0.234 e. The predicted octanol–water partition coefficient (Wildman–Crippen LogP) is 3.15. The van der Waals surface area contributed by atoms with Crippen molar-refractivity contribution < 1.29 is 13.9 Å². The summed E-state index contributed by atoms with van der Waals surface area (Å²) >= 11 is 1.39. The molecule has 0 fully saturated rings. The molecule has 110 valence electrons. The van der Waals surface area contributed by atoms with Gasteiger partial charge in [-0.25, -0.2) is 4.39 Å². The fourth-order valence-electron chi connectivity index (χ4n) is 1.66. The summed E-state index contributed by atoms with van der Waals surface area (Å²) in [4.78, 5) is 12.8. The quantitative estimate of drug-likeness (QED) is 0.658. The molecule has 3 N–H and O–H groups in total. The minimum atomic E-state index is -0.501. The van der Waals surface area contributed by atoms with Crippen LogP contribution in [0.25, 0.3) is 0 Å². The van der Waals surface area contributed by atoms with E-state index in [0.29, 0.717) is 5.69 Å². The molecule has 21 heavy (non-hydrogen) atoms. The summed E-state index contributed by atoms with van der Waals surface area (Å²) in [6.07, 6.45) is 0. The van der Waals surface area contributed by atoms with Crippen molar-refractivity contribution in [2.45, 2.75) is 4.90 Å². The molecule has 6 heteroatoms. The number of hydrogen-bond acceptors (Lipinski definition) is 4. The molecule has 0 heterocycles. The summed E-state index contributed by atoms with van der Waals surface area (Å²) in [5, 5.41) is 2.67. The van der Waals surface area contributed by atoms with Crippen LogP contribution in [0.15, 0.2) is 47.4 Å². The van der Waals surface area contributed by atoms with E-state index in [2.05, 4.69) is 5.32 Å². The predicted molar refractivity (Wildman–Crippen MR) is 83.2 cm³/mol. The van der Waals surface area contributed by atoms with E-state index in [9.17, 15) is 9.18 Å². The van der Waals surface area contributed by atoms with Gasteiger partial charge < -0.3 is 15.8 Å². The molecule has 2 rings (SSSR count). The molecule has 0 bridgehead atoms. The molecule has 2 aromatic carbocycles. The molecule has 0 radical (unpaired) electrons. The number of thioether (sulfide) groups is 1. The van der Waals surface area contributed by atoms with Crippen molar-refractivity contribution in [1.29, 1.82) is 0 Å². The molecule has 0 atom stereocenters. The summed E-state index contributed by atoms with van der Waals surface area (Å²) in [6.45, 7) is 0. The lowest BCUT2D eigenvalue weighted by Gasteiger charge is -2.07. The van der Waals surface area contributed by atoms with Gasteiger partial charge in [-0.05, 0) is 36.4 Å². The van der Waals surface area contributed by atoms with E-state index in [0.717, 1.165) is 10.6 Å². The largest absolute Gasteiger partial charge is 0.497 e. The molecular weight excluding hydrogens is 291 g/mol. The van der Waals surface area contributed by atoms with Gasteiger partial charge in [-0.15, -0.1) is 11.8 Å². The van der Waals surface area contributed by atoms with Crippen molar-refractivity contribution in [3.63, 3.8) is 0 Å². The summed E-state index contributed by atoms with van der Waals surface area (Å²) in [6, 6.07) is 11.5. The second kappa shape index (κ2) is 6.99. The second-order valence-corrected chi connectivity index (χ2v) is 5.30. The first-order valence-corrected chi connectivity index (χ1v) is 7.19. The van der Waals surface area contributed by atoms with Gasteiger partial charge in [-0.2, -0.15) is 0 Å². The summed E-state index contributed by atoms with van der Waals surface area (Å²) in [7, 11) is 1.59. The van der Waals surface area contributed by atoms with Crippen LogP contribution in [0.2, 0.25) is 0 Å². The van der Waals surface area contributed by atoms with E-state index < -0.39 is 5.82 Å². The minimum Gasteiger partial charge on any atom is -0.497 e. The van der Waals surface area contributed by atoms with Gasteiger partial charge in [0, 0.05) is 10.6 Å². The molecule has 1 amide bonds.